The number of H-pyrrole nitrogens is 1. The van der Waals surface area contributed by atoms with Crippen LogP contribution in [0.2, 0.25) is 0 Å². The first-order chi connectivity index (χ1) is 10.4. The normalized spacial score (nSPS) is 12.3. The zero-order chi connectivity index (χ0) is 15.9. The van der Waals surface area contributed by atoms with E-state index in [-0.39, 0.29) is 17.0 Å². The van der Waals surface area contributed by atoms with Crippen LogP contribution in [0.4, 0.5) is 0 Å². The molecule has 2 heterocycles. The average Bonchev–Trinajstić information content (AvgIpc) is 3.02. The Morgan fingerprint density at radius 3 is 2.86 bits per heavy atom. The predicted molar refractivity (Wildman–Crippen MR) is 82.3 cm³/mol. The number of hydrogen-bond acceptors (Lipinski definition) is 6. The van der Waals surface area contributed by atoms with Gasteiger partial charge in [0.2, 0.25) is 10.0 Å². The second-order valence-electron chi connectivity index (χ2n) is 4.79. The Morgan fingerprint density at radius 1 is 1.41 bits per heavy atom. The molecule has 0 atom stereocenters. The van der Waals surface area contributed by atoms with Crippen molar-refractivity contribution in [1.29, 1.82) is 0 Å². The fraction of sp³-hybridized carbons (Fsp3) is 0.231. The van der Waals surface area contributed by atoms with Gasteiger partial charge in [0.15, 0.2) is 5.58 Å². The lowest BCUT2D eigenvalue weighted by Crippen LogP contribution is -2.26. The summed E-state index contributed by atoms with van der Waals surface area (Å²) in [6, 6.07) is 4.28. The van der Waals surface area contributed by atoms with Gasteiger partial charge in [0.1, 0.15) is 0 Å². The van der Waals surface area contributed by atoms with Crippen LogP contribution < -0.4 is 5.76 Å². The van der Waals surface area contributed by atoms with E-state index in [1.54, 1.807) is 0 Å². The molecule has 0 aliphatic heterocycles. The number of aryl methyl sites for hydroxylation is 1. The largest absolute Gasteiger partial charge is 0.417 e. The summed E-state index contributed by atoms with van der Waals surface area (Å²) in [6.45, 7) is 2.05. The number of rotatable bonds is 4. The van der Waals surface area contributed by atoms with Crippen LogP contribution in [0.3, 0.4) is 0 Å². The zero-order valence-corrected chi connectivity index (χ0v) is 13.5. The second kappa shape index (κ2) is 5.34. The molecule has 1 aromatic carbocycles. The van der Waals surface area contributed by atoms with Gasteiger partial charge in [0.25, 0.3) is 0 Å². The maximum atomic E-state index is 12.6. The molecule has 0 unspecified atom stereocenters. The SMILES string of the molecule is Cc1nc(CN(C)S(=O)(=O)c2ccc3[nH]c(=O)oc3c2)cs1. The molecular formula is C13H13N3O4S2. The first-order valence-corrected chi connectivity index (χ1v) is 8.68. The van der Waals surface area contributed by atoms with Crippen LogP contribution in [0.1, 0.15) is 10.7 Å². The van der Waals surface area contributed by atoms with Crippen molar-refractivity contribution in [2.75, 3.05) is 7.05 Å². The summed E-state index contributed by atoms with van der Waals surface area (Å²) in [5.41, 5.74) is 1.37. The van der Waals surface area contributed by atoms with Gasteiger partial charge >= 0.3 is 5.76 Å². The smallest absolute Gasteiger partial charge is 0.408 e. The third-order valence-corrected chi connectivity index (χ3v) is 5.77. The van der Waals surface area contributed by atoms with E-state index in [9.17, 15) is 13.2 Å². The molecule has 0 aliphatic rings. The number of sulfonamides is 1. The highest BCUT2D eigenvalue weighted by atomic mass is 32.2. The lowest BCUT2D eigenvalue weighted by molar-refractivity contribution is 0.462. The highest BCUT2D eigenvalue weighted by Crippen LogP contribution is 2.21. The fourth-order valence-electron chi connectivity index (χ4n) is 2.06. The van der Waals surface area contributed by atoms with Crippen LogP contribution in [-0.4, -0.2) is 29.7 Å². The number of nitrogens with one attached hydrogen (secondary N) is 1. The topological polar surface area (TPSA) is 96.3 Å². The Balaban J connectivity index is 1.94. The van der Waals surface area contributed by atoms with E-state index < -0.39 is 15.8 Å². The van der Waals surface area contributed by atoms with Gasteiger partial charge in [0.05, 0.1) is 27.7 Å². The molecule has 0 spiro atoms. The molecule has 0 aliphatic carbocycles. The molecule has 22 heavy (non-hydrogen) atoms. The van der Waals surface area contributed by atoms with Crippen molar-refractivity contribution in [3.05, 3.63) is 44.8 Å². The summed E-state index contributed by atoms with van der Waals surface area (Å²) in [4.78, 5) is 17.9. The molecule has 3 aromatic rings. The molecule has 0 fully saturated rings. The van der Waals surface area contributed by atoms with E-state index in [0.717, 1.165) is 5.01 Å². The molecule has 0 bridgehead atoms. The number of nitrogens with zero attached hydrogens (tertiary/aromatic N) is 2. The molecule has 1 N–H and O–H groups in total. The van der Waals surface area contributed by atoms with E-state index in [1.807, 2.05) is 12.3 Å². The first-order valence-electron chi connectivity index (χ1n) is 6.36. The van der Waals surface area contributed by atoms with Crippen LogP contribution in [0.5, 0.6) is 0 Å². The Kier molecular flexibility index (Phi) is 3.63. The van der Waals surface area contributed by atoms with E-state index in [4.69, 9.17) is 4.42 Å². The quantitative estimate of drug-likeness (QED) is 0.780. The number of hydrogen-bond donors (Lipinski definition) is 1. The molecule has 116 valence electrons. The number of benzene rings is 1. The first kappa shape index (κ1) is 14.9. The van der Waals surface area contributed by atoms with Gasteiger partial charge < -0.3 is 4.42 Å². The molecule has 0 amide bonds. The van der Waals surface area contributed by atoms with E-state index in [0.29, 0.717) is 11.2 Å². The minimum Gasteiger partial charge on any atom is -0.408 e. The van der Waals surface area contributed by atoms with Crippen LogP contribution in [-0.2, 0) is 16.6 Å². The van der Waals surface area contributed by atoms with Crippen molar-refractivity contribution < 1.29 is 12.8 Å². The number of oxazole rings is 1. The van der Waals surface area contributed by atoms with E-state index in [1.165, 1.54) is 40.9 Å². The molecule has 2 aromatic heterocycles. The maximum Gasteiger partial charge on any atom is 0.417 e. The predicted octanol–water partition coefficient (Wildman–Crippen LogP) is 1.71. The number of aromatic nitrogens is 2. The molecule has 0 radical (unpaired) electrons. The van der Waals surface area contributed by atoms with E-state index in [2.05, 4.69) is 9.97 Å². The summed E-state index contributed by atoms with van der Waals surface area (Å²) in [5.74, 6) is -0.615. The second-order valence-corrected chi connectivity index (χ2v) is 7.90. The maximum absolute atomic E-state index is 12.6. The van der Waals surface area contributed by atoms with Crippen molar-refractivity contribution in [3.63, 3.8) is 0 Å². The van der Waals surface area contributed by atoms with Crippen LogP contribution in [0, 0.1) is 6.92 Å². The highest BCUT2D eigenvalue weighted by molar-refractivity contribution is 7.89. The van der Waals surface area contributed by atoms with Crippen molar-refractivity contribution >= 4 is 32.5 Å². The lowest BCUT2D eigenvalue weighted by atomic mass is 10.3. The third-order valence-electron chi connectivity index (χ3n) is 3.15. The molecule has 9 heteroatoms. The van der Waals surface area contributed by atoms with Crippen LogP contribution in [0.25, 0.3) is 11.1 Å². The number of fused-ring (bicyclic) bond motifs is 1. The Labute approximate surface area is 130 Å². The van der Waals surface area contributed by atoms with Crippen LogP contribution in [0.15, 0.2) is 37.7 Å². The summed E-state index contributed by atoms with van der Waals surface area (Å²) in [7, 11) is -2.20. The minimum absolute atomic E-state index is 0.0669. The van der Waals surface area contributed by atoms with Gasteiger partial charge in [-0.05, 0) is 19.1 Å². The third kappa shape index (κ3) is 2.70. The summed E-state index contributed by atoms with van der Waals surface area (Å²) < 4.78 is 31.2. The molecular weight excluding hydrogens is 326 g/mol. The Hall–Kier alpha value is -1.97. The minimum atomic E-state index is -3.69. The van der Waals surface area contributed by atoms with E-state index >= 15 is 0 Å². The van der Waals surface area contributed by atoms with Crippen molar-refractivity contribution in [1.82, 2.24) is 14.3 Å². The van der Waals surface area contributed by atoms with Crippen molar-refractivity contribution in [2.45, 2.75) is 18.4 Å². The molecule has 3 rings (SSSR count). The zero-order valence-electron chi connectivity index (χ0n) is 11.9. The lowest BCUT2D eigenvalue weighted by Gasteiger charge is -2.15. The van der Waals surface area contributed by atoms with Gasteiger partial charge in [-0.25, -0.2) is 18.2 Å². The summed E-state index contributed by atoms with van der Waals surface area (Å²) >= 11 is 1.47. The highest BCUT2D eigenvalue weighted by Gasteiger charge is 2.22. The van der Waals surface area contributed by atoms with Crippen LogP contribution >= 0.6 is 11.3 Å². The van der Waals surface area contributed by atoms with Gasteiger partial charge in [-0.2, -0.15) is 4.31 Å². The fourth-order valence-corrected chi connectivity index (χ4v) is 3.82. The Bertz CT molecular complexity index is 984. The monoisotopic (exact) mass is 339 g/mol. The van der Waals surface area contributed by atoms with Crippen molar-refractivity contribution in [2.24, 2.45) is 0 Å². The van der Waals surface area contributed by atoms with Gasteiger partial charge in [-0.3, -0.25) is 4.98 Å². The average molecular weight is 339 g/mol. The van der Waals surface area contributed by atoms with Gasteiger partial charge in [-0.15, -0.1) is 11.3 Å². The summed E-state index contributed by atoms with van der Waals surface area (Å²) in [6.07, 6.45) is 0. The Morgan fingerprint density at radius 2 is 2.18 bits per heavy atom. The van der Waals surface area contributed by atoms with Gasteiger partial charge in [0, 0.05) is 18.5 Å². The standard InChI is InChI=1S/C13H13N3O4S2/c1-8-14-9(7-21-8)6-16(2)22(18,19)10-3-4-11-12(5-10)20-13(17)15-11/h3-5,7H,6H2,1-2H3,(H,15,17). The molecule has 0 saturated carbocycles. The van der Waals surface area contributed by atoms with Gasteiger partial charge in [-0.1, -0.05) is 0 Å². The molecule has 7 nitrogen and oxygen atoms in total. The number of thiazole rings is 1. The molecule has 0 saturated heterocycles. The number of aromatic amines is 1. The summed E-state index contributed by atoms with van der Waals surface area (Å²) in [5, 5.41) is 2.71. The van der Waals surface area contributed by atoms with Crippen molar-refractivity contribution in [3.8, 4) is 0 Å².